The molecule has 0 saturated carbocycles. The molecule has 0 spiro atoms. The molecular weight excluding hydrogens is 474 g/mol. The van der Waals surface area contributed by atoms with Gasteiger partial charge in [-0.3, -0.25) is 0 Å². The third-order valence-electron chi connectivity index (χ3n) is 5.82. The van der Waals surface area contributed by atoms with Crippen molar-refractivity contribution in [1.29, 1.82) is 0 Å². The van der Waals surface area contributed by atoms with Crippen molar-refractivity contribution < 1.29 is 18.6 Å². The van der Waals surface area contributed by atoms with Crippen molar-refractivity contribution in [2.24, 2.45) is 0 Å². The second kappa shape index (κ2) is 12.3. The Kier molecular flexibility index (Phi) is 8.90. The Morgan fingerprint density at radius 2 is 0.686 bits per heavy atom. The van der Waals surface area contributed by atoms with Crippen LogP contribution in [0.1, 0.15) is 6.42 Å². The summed E-state index contributed by atoms with van der Waals surface area (Å²) in [6.45, 7) is 0.815. The van der Waals surface area contributed by atoms with Gasteiger partial charge in [0.15, 0.2) is 14.3 Å². The maximum absolute atomic E-state index is 14.0. The van der Waals surface area contributed by atoms with Crippen LogP contribution >= 0.6 is 14.3 Å². The minimum Gasteiger partial charge on any atom is -0.373 e. The molecule has 0 amide bonds. The highest BCUT2D eigenvalue weighted by atomic mass is 31.2. The standard InChI is InChI=1S/C29H30O4P2/c30-34(26-14-5-1-6-15-26,27-16-7-2-8-17-27)24-32-22-13-23-33-25-35(31,28-18-9-3-10-19-28)29-20-11-4-12-21-29/h1-12,14-21H,13,22-25H2. The average molecular weight is 505 g/mol. The Morgan fingerprint density at radius 3 is 0.943 bits per heavy atom. The molecule has 0 fully saturated rings. The van der Waals surface area contributed by atoms with Crippen LogP contribution < -0.4 is 21.2 Å². The summed E-state index contributed by atoms with van der Waals surface area (Å²) in [4.78, 5) is 0. The van der Waals surface area contributed by atoms with Crippen molar-refractivity contribution in [2.45, 2.75) is 6.42 Å². The predicted molar refractivity (Wildman–Crippen MR) is 146 cm³/mol. The first kappa shape index (κ1) is 25.4. The molecule has 4 rings (SSSR count). The zero-order chi connectivity index (χ0) is 24.4. The van der Waals surface area contributed by atoms with Crippen LogP contribution in [-0.2, 0) is 18.6 Å². The second-order valence-corrected chi connectivity index (χ2v) is 13.8. The quantitative estimate of drug-likeness (QED) is 0.193. The zero-order valence-corrected chi connectivity index (χ0v) is 21.4. The smallest absolute Gasteiger partial charge is 0.167 e. The normalized spacial score (nSPS) is 11.9. The summed E-state index contributed by atoms with van der Waals surface area (Å²) in [5.74, 6) is 0. The largest absolute Gasteiger partial charge is 0.373 e. The highest BCUT2D eigenvalue weighted by Gasteiger charge is 2.28. The summed E-state index contributed by atoms with van der Waals surface area (Å²) in [5, 5.41) is 3.14. The lowest BCUT2D eigenvalue weighted by molar-refractivity contribution is 0.120. The topological polar surface area (TPSA) is 52.6 Å². The maximum atomic E-state index is 14.0. The van der Waals surface area contributed by atoms with E-state index in [-0.39, 0.29) is 12.7 Å². The van der Waals surface area contributed by atoms with Gasteiger partial charge < -0.3 is 18.6 Å². The van der Waals surface area contributed by atoms with E-state index in [2.05, 4.69) is 0 Å². The molecule has 4 aromatic carbocycles. The highest BCUT2D eigenvalue weighted by molar-refractivity contribution is 7.78. The molecule has 4 aromatic rings. The van der Waals surface area contributed by atoms with Crippen LogP contribution in [0.3, 0.4) is 0 Å². The SMILES string of the molecule is O=P(COCCCOCP(=O)(c1ccccc1)c1ccccc1)(c1ccccc1)c1ccccc1. The van der Waals surface area contributed by atoms with Gasteiger partial charge in [0, 0.05) is 34.4 Å². The molecule has 180 valence electrons. The summed E-state index contributed by atoms with van der Waals surface area (Å²) in [5.41, 5.74) is 0. The lowest BCUT2D eigenvalue weighted by Crippen LogP contribution is -2.21. The minimum absolute atomic E-state index is 0.132. The molecule has 0 aliphatic carbocycles. The molecule has 0 N–H and O–H groups in total. The Bertz CT molecular complexity index is 1080. The van der Waals surface area contributed by atoms with E-state index in [1.54, 1.807) is 0 Å². The van der Waals surface area contributed by atoms with E-state index in [4.69, 9.17) is 9.47 Å². The van der Waals surface area contributed by atoms with Gasteiger partial charge in [-0.05, 0) is 6.42 Å². The second-order valence-electron chi connectivity index (χ2n) is 8.25. The van der Waals surface area contributed by atoms with E-state index >= 15 is 0 Å². The molecule has 4 nitrogen and oxygen atoms in total. The Hall–Kier alpha value is -2.74. The minimum atomic E-state index is -2.89. The molecule has 6 heteroatoms. The van der Waals surface area contributed by atoms with Crippen LogP contribution in [0.2, 0.25) is 0 Å². The van der Waals surface area contributed by atoms with Crippen molar-refractivity contribution in [3.63, 3.8) is 0 Å². The third kappa shape index (κ3) is 6.28. The Morgan fingerprint density at radius 1 is 0.429 bits per heavy atom. The van der Waals surface area contributed by atoms with Crippen molar-refractivity contribution in [1.82, 2.24) is 0 Å². The molecule has 0 atom stereocenters. The summed E-state index contributed by atoms with van der Waals surface area (Å²) in [7, 11) is -5.79. The van der Waals surface area contributed by atoms with Crippen molar-refractivity contribution in [3.05, 3.63) is 121 Å². The zero-order valence-electron chi connectivity index (χ0n) is 19.6. The molecule has 0 bridgehead atoms. The first-order chi connectivity index (χ1) is 17.1. The first-order valence-electron chi connectivity index (χ1n) is 11.7. The lowest BCUT2D eigenvalue weighted by Gasteiger charge is -2.20. The van der Waals surface area contributed by atoms with Crippen LogP contribution in [0.15, 0.2) is 121 Å². The first-order valence-corrected chi connectivity index (χ1v) is 15.5. The molecule has 0 saturated heterocycles. The number of hydrogen-bond donors (Lipinski definition) is 0. The van der Waals surface area contributed by atoms with Crippen molar-refractivity contribution in [2.75, 3.05) is 25.9 Å². The monoisotopic (exact) mass is 504 g/mol. The van der Waals surface area contributed by atoms with Gasteiger partial charge in [-0.1, -0.05) is 121 Å². The maximum Gasteiger partial charge on any atom is 0.167 e. The number of ether oxygens (including phenoxy) is 2. The molecule has 35 heavy (non-hydrogen) atoms. The van der Waals surface area contributed by atoms with Crippen molar-refractivity contribution >= 4 is 35.5 Å². The molecule has 0 aromatic heterocycles. The Balaban J connectivity index is 1.33. The molecular formula is C29H30O4P2. The van der Waals surface area contributed by atoms with Gasteiger partial charge in [0.25, 0.3) is 0 Å². The van der Waals surface area contributed by atoms with Gasteiger partial charge in [-0.25, -0.2) is 0 Å². The van der Waals surface area contributed by atoms with Crippen molar-refractivity contribution in [3.8, 4) is 0 Å². The van der Waals surface area contributed by atoms with Crippen LogP contribution in [0.25, 0.3) is 0 Å². The van der Waals surface area contributed by atoms with E-state index in [1.807, 2.05) is 121 Å². The van der Waals surface area contributed by atoms with Gasteiger partial charge in [0.2, 0.25) is 0 Å². The molecule has 0 unspecified atom stereocenters. The molecule has 0 aliphatic rings. The summed E-state index contributed by atoms with van der Waals surface area (Å²) < 4.78 is 39.7. The van der Waals surface area contributed by atoms with E-state index in [0.717, 1.165) is 21.2 Å². The number of hydrogen-bond acceptors (Lipinski definition) is 4. The fraction of sp³-hybridized carbons (Fsp3) is 0.172. The summed E-state index contributed by atoms with van der Waals surface area (Å²) >= 11 is 0. The summed E-state index contributed by atoms with van der Waals surface area (Å²) in [6.07, 6.45) is 0.883. The van der Waals surface area contributed by atoms with E-state index in [0.29, 0.717) is 19.6 Å². The van der Waals surface area contributed by atoms with Gasteiger partial charge in [-0.15, -0.1) is 0 Å². The molecule has 0 aliphatic heterocycles. The number of rotatable bonds is 12. The van der Waals surface area contributed by atoms with Crippen LogP contribution in [0, 0.1) is 0 Å². The number of benzene rings is 4. The van der Waals surface area contributed by atoms with E-state index in [9.17, 15) is 9.13 Å². The van der Waals surface area contributed by atoms with Gasteiger partial charge in [0.05, 0.1) is 0 Å². The van der Waals surface area contributed by atoms with E-state index in [1.165, 1.54) is 0 Å². The fourth-order valence-corrected chi connectivity index (χ4v) is 8.50. The lowest BCUT2D eigenvalue weighted by atomic mass is 10.4. The van der Waals surface area contributed by atoms with Gasteiger partial charge in [0.1, 0.15) is 12.7 Å². The molecule has 0 radical (unpaired) electrons. The Labute approximate surface area is 207 Å². The fourth-order valence-electron chi connectivity index (χ4n) is 3.92. The summed E-state index contributed by atoms with van der Waals surface area (Å²) in [6, 6.07) is 38.0. The van der Waals surface area contributed by atoms with Crippen LogP contribution in [-0.4, -0.2) is 25.9 Å². The predicted octanol–water partition coefficient (Wildman–Crippen LogP) is 5.35. The molecule has 0 heterocycles. The highest BCUT2D eigenvalue weighted by Crippen LogP contribution is 2.44. The van der Waals surface area contributed by atoms with E-state index < -0.39 is 14.3 Å². The van der Waals surface area contributed by atoms with Gasteiger partial charge >= 0.3 is 0 Å². The van der Waals surface area contributed by atoms with Gasteiger partial charge in [-0.2, -0.15) is 0 Å². The van der Waals surface area contributed by atoms with Crippen LogP contribution in [0.4, 0.5) is 0 Å². The third-order valence-corrected chi connectivity index (χ3v) is 11.4. The average Bonchev–Trinajstić information content (AvgIpc) is 2.94. The van der Waals surface area contributed by atoms with Crippen LogP contribution in [0.5, 0.6) is 0 Å².